The van der Waals surface area contributed by atoms with Crippen molar-refractivity contribution in [1.29, 1.82) is 5.26 Å². The zero-order valence-corrected chi connectivity index (χ0v) is 10.8. The third-order valence-electron chi connectivity index (χ3n) is 2.98. The van der Waals surface area contributed by atoms with E-state index < -0.39 is 4.92 Å². The fourth-order valence-electron chi connectivity index (χ4n) is 2.07. The normalized spacial score (nSPS) is 19.3. The van der Waals surface area contributed by atoms with Gasteiger partial charge in [-0.25, -0.2) is 0 Å². The second-order valence-corrected chi connectivity index (χ2v) is 5.34. The molecule has 1 saturated heterocycles. The molecule has 1 heterocycles. The average molecular weight is 263 g/mol. The highest BCUT2D eigenvalue weighted by atomic mass is 32.2. The van der Waals surface area contributed by atoms with Gasteiger partial charge in [0, 0.05) is 30.2 Å². The van der Waals surface area contributed by atoms with Crippen molar-refractivity contribution in [2.45, 2.75) is 13.0 Å². The number of benzene rings is 1. The molecule has 1 aromatic rings. The van der Waals surface area contributed by atoms with Crippen LogP contribution < -0.4 is 4.90 Å². The number of hydrogen-bond donors (Lipinski definition) is 0. The Morgan fingerprint density at radius 1 is 1.61 bits per heavy atom. The Bertz CT molecular complexity index is 513. The van der Waals surface area contributed by atoms with Gasteiger partial charge in [0.2, 0.25) is 0 Å². The van der Waals surface area contributed by atoms with Crippen LogP contribution in [0.4, 0.5) is 11.4 Å². The summed E-state index contributed by atoms with van der Waals surface area (Å²) < 4.78 is 0. The molecule has 0 saturated carbocycles. The Balaban J connectivity index is 2.43. The maximum absolute atomic E-state index is 11.1. The van der Waals surface area contributed by atoms with Crippen LogP contribution in [0, 0.1) is 21.4 Å². The molecule has 1 atom stereocenters. The van der Waals surface area contributed by atoms with Crippen molar-refractivity contribution < 1.29 is 4.92 Å². The first-order valence-electron chi connectivity index (χ1n) is 5.66. The maximum Gasteiger partial charge on any atom is 0.293 e. The number of thioether (sulfide) groups is 1. The van der Waals surface area contributed by atoms with Crippen molar-refractivity contribution in [1.82, 2.24) is 0 Å². The Kier molecular flexibility index (Phi) is 3.72. The van der Waals surface area contributed by atoms with Gasteiger partial charge in [-0.15, -0.1) is 0 Å². The van der Waals surface area contributed by atoms with Crippen LogP contribution in [0.2, 0.25) is 0 Å². The van der Waals surface area contributed by atoms with Gasteiger partial charge in [0.25, 0.3) is 5.69 Å². The Morgan fingerprint density at radius 2 is 2.39 bits per heavy atom. The minimum absolute atomic E-state index is 0.0211. The zero-order valence-electron chi connectivity index (χ0n) is 10.00. The van der Waals surface area contributed by atoms with Crippen LogP contribution in [0.25, 0.3) is 0 Å². The highest BCUT2D eigenvalue weighted by molar-refractivity contribution is 7.99. The Morgan fingerprint density at radius 3 is 3.00 bits per heavy atom. The maximum atomic E-state index is 11.1. The molecular formula is C12H13N3O2S. The second-order valence-electron chi connectivity index (χ2n) is 4.19. The molecular weight excluding hydrogens is 250 g/mol. The van der Waals surface area contributed by atoms with Crippen molar-refractivity contribution in [2.75, 3.05) is 23.0 Å². The lowest BCUT2D eigenvalue weighted by molar-refractivity contribution is -0.384. The number of nitro groups is 1. The molecule has 0 N–H and O–H groups in total. The summed E-state index contributed by atoms with van der Waals surface area (Å²) in [6, 6.07) is 6.88. The van der Waals surface area contributed by atoms with E-state index in [0.717, 1.165) is 18.1 Å². The molecule has 0 unspecified atom stereocenters. The minimum Gasteiger partial charge on any atom is -0.362 e. The highest BCUT2D eigenvalue weighted by Gasteiger charge is 2.25. The molecule has 0 aromatic heterocycles. The Hall–Kier alpha value is -1.74. The zero-order chi connectivity index (χ0) is 13.1. The van der Waals surface area contributed by atoms with E-state index in [2.05, 4.69) is 11.8 Å². The van der Waals surface area contributed by atoms with Crippen molar-refractivity contribution >= 4 is 23.1 Å². The van der Waals surface area contributed by atoms with Gasteiger partial charge >= 0.3 is 0 Å². The molecule has 0 bridgehead atoms. The molecule has 0 spiro atoms. The summed E-state index contributed by atoms with van der Waals surface area (Å²) in [5.74, 6) is 1.94. The smallest absolute Gasteiger partial charge is 0.293 e. The van der Waals surface area contributed by atoms with Crippen molar-refractivity contribution in [2.24, 2.45) is 0 Å². The van der Waals surface area contributed by atoms with E-state index in [1.54, 1.807) is 12.1 Å². The standard InChI is InChI=1S/C12H13N3O2S/c1-9-8-18-5-4-14(9)11-3-2-10(7-13)6-12(11)15(16)17/h2-3,6,9H,4-5,8H2,1H3/t9-/m1/s1. The monoisotopic (exact) mass is 263 g/mol. The van der Waals surface area contributed by atoms with Gasteiger partial charge in [-0.05, 0) is 19.1 Å². The molecule has 1 aliphatic heterocycles. The van der Waals surface area contributed by atoms with E-state index in [0.29, 0.717) is 11.3 Å². The van der Waals surface area contributed by atoms with Gasteiger partial charge in [-0.2, -0.15) is 17.0 Å². The summed E-state index contributed by atoms with van der Waals surface area (Å²) in [6.07, 6.45) is 0. The SMILES string of the molecule is C[C@@H]1CSCCN1c1ccc(C#N)cc1[N+](=O)[O-]. The van der Waals surface area contributed by atoms with Gasteiger partial charge in [0.1, 0.15) is 5.69 Å². The molecule has 2 rings (SSSR count). The summed E-state index contributed by atoms with van der Waals surface area (Å²) in [5.41, 5.74) is 0.962. The van der Waals surface area contributed by atoms with Gasteiger partial charge in [-0.1, -0.05) is 0 Å². The molecule has 0 radical (unpaired) electrons. The number of nitro benzene ring substituents is 1. The number of hydrogen-bond acceptors (Lipinski definition) is 5. The van der Waals surface area contributed by atoms with E-state index >= 15 is 0 Å². The van der Waals surface area contributed by atoms with Crippen molar-refractivity contribution in [3.05, 3.63) is 33.9 Å². The number of anilines is 1. The molecule has 0 amide bonds. The third-order valence-corrected chi connectivity index (χ3v) is 4.17. The molecule has 1 aliphatic rings. The first-order valence-corrected chi connectivity index (χ1v) is 6.82. The topological polar surface area (TPSA) is 70.2 Å². The number of rotatable bonds is 2. The van der Waals surface area contributed by atoms with E-state index in [-0.39, 0.29) is 11.7 Å². The molecule has 0 aliphatic carbocycles. The van der Waals surface area contributed by atoms with Crippen LogP contribution >= 0.6 is 11.8 Å². The molecule has 5 nitrogen and oxygen atoms in total. The third kappa shape index (κ3) is 2.41. The number of nitriles is 1. The predicted molar refractivity (Wildman–Crippen MR) is 71.9 cm³/mol. The van der Waals surface area contributed by atoms with Gasteiger partial charge in [0.15, 0.2) is 0 Å². The van der Waals surface area contributed by atoms with E-state index in [1.807, 2.05) is 17.8 Å². The van der Waals surface area contributed by atoms with Crippen molar-refractivity contribution in [3.8, 4) is 6.07 Å². The average Bonchev–Trinajstić information content (AvgIpc) is 2.38. The molecule has 6 heteroatoms. The summed E-state index contributed by atoms with van der Waals surface area (Å²) in [4.78, 5) is 12.7. The van der Waals surface area contributed by atoms with Crippen LogP contribution in [-0.2, 0) is 0 Å². The van der Waals surface area contributed by atoms with E-state index in [4.69, 9.17) is 5.26 Å². The van der Waals surface area contributed by atoms with Crippen LogP contribution in [0.1, 0.15) is 12.5 Å². The largest absolute Gasteiger partial charge is 0.362 e. The van der Waals surface area contributed by atoms with E-state index in [9.17, 15) is 10.1 Å². The van der Waals surface area contributed by atoms with Crippen molar-refractivity contribution in [3.63, 3.8) is 0 Å². The highest BCUT2D eigenvalue weighted by Crippen LogP contribution is 2.32. The molecule has 1 fully saturated rings. The first kappa shape index (κ1) is 12.7. The summed E-state index contributed by atoms with van der Waals surface area (Å²) in [7, 11) is 0. The van der Waals surface area contributed by atoms with Crippen LogP contribution in [0.3, 0.4) is 0 Å². The lowest BCUT2D eigenvalue weighted by atomic mass is 10.1. The van der Waals surface area contributed by atoms with Gasteiger partial charge < -0.3 is 4.90 Å². The fraction of sp³-hybridized carbons (Fsp3) is 0.417. The van der Waals surface area contributed by atoms with Crippen LogP contribution in [0.15, 0.2) is 18.2 Å². The second kappa shape index (κ2) is 5.27. The van der Waals surface area contributed by atoms with Gasteiger partial charge in [0.05, 0.1) is 16.6 Å². The minimum atomic E-state index is -0.412. The summed E-state index contributed by atoms with van der Waals surface area (Å²) >= 11 is 1.86. The molecule has 18 heavy (non-hydrogen) atoms. The molecule has 94 valence electrons. The summed E-state index contributed by atoms with van der Waals surface area (Å²) in [5, 5.41) is 19.9. The lowest BCUT2D eigenvalue weighted by Crippen LogP contribution is -2.40. The van der Waals surface area contributed by atoms with Crippen LogP contribution in [0.5, 0.6) is 0 Å². The lowest BCUT2D eigenvalue weighted by Gasteiger charge is -2.34. The molecule has 1 aromatic carbocycles. The van der Waals surface area contributed by atoms with Gasteiger partial charge in [-0.3, -0.25) is 10.1 Å². The first-order chi connectivity index (χ1) is 8.63. The summed E-state index contributed by atoms with van der Waals surface area (Å²) in [6.45, 7) is 2.87. The van der Waals surface area contributed by atoms with E-state index in [1.165, 1.54) is 6.07 Å². The van der Waals surface area contributed by atoms with Crippen LogP contribution in [-0.4, -0.2) is 29.0 Å². The predicted octanol–water partition coefficient (Wildman–Crippen LogP) is 2.41. The Labute approximate surface area is 110 Å². The fourth-order valence-corrected chi connectivity index (χ4v) is 3.08. The number of nitrogens with zero attached hydrogens (tertiary/aromatic N) is 3. The quantitative estimate of drug-likeness (QED) is 0.605.